The van der Waals surface area contributed by atoms with E-state index in [1.807, 2.05) is 9.80 Å². The molecule has 0 bridgehead atoms. The summed E-state index contributed by atoms with van der Waals surface area (Å²) < 4.78 is 21.5. The molecule has 0 fully saturated rings. The maximum Gasteiger partial charge on any atom is 0.354 e. The molecule has 2 heterocycles. The Morgan fingerprint density at radius 2 is 1.07 bits per heavy atom. The smallest absolute Gasteiger partial charge is 0.354 e. The number of carbonyl (C=O) groups is 2. The van der Waals surface area contributed by atoms with Gasteiger partial charge < -0.3 is 39.0 Å². The lowest BCUT2D eigenvalue weighted by atomic mass is 10.1. The first-order valence-electron chi connectivity index (χ1n) is 13.3. The molecule has 0 saturated heterocycles. The molecule has 0 atom stereocenters. The largest absolute Gasteiger partial charge is 0.478 e. The topological polar surface area (TPSA) is 157 Å². The number of ether oxygens (including phenoxy) is 4. The highest BCUT2D eigenvalue weighted by atomic mass is 16.5. The Morgan fingerprint density at radius 1 is 0.643 bits per heavy atom. The maximum atomic E-state index is 11.5. The van der Waals surface area contributed by atoms with E-state index >= 15 is 0 Å². The van der Waals surface area contributed by atoms with Crippen LogP contribution in [0.4, 0.5) is 11.6 Å². The summed E-state index contributed by atoms with van der Waals surface area (Å²) >= 11 is 0. The average Bonchev–Trinajstić information content (AvgIpc) is 3.01. The van der Waals surface area contributed by atoms with Crippen LogP contribution in [-0.4, -0.2) is 118 Å². The van der Waals surface area contributed by atoms with Gasteiger partial charge in [-0.1, -0.05) is 12.1 Å². The fraction of sp³-hybridized carbons (Fsp3) is 0.414. The van der Waals surface area contributed by atoms with Gasteiger partial charge in [-0.05, 0) is 24.3 Å². The Bertz CT molecular complexity index is 1190. The third kappa shape index (κ3) is 8.42. The van der Waals surface area contributed by atoms with Gasteiger partial charge in [0, 0.05) is 71.9 Å². The molecule has 0 aliphatic heterocycles. The number of hydrogen-bond donors (Lipinski definition) is 2. The molecule has 1 aromatic carbocycles. The fourth-order valence-electron chi connectivity index (χ4n) is 4.13. The van der Waals surface area contributed by atoms with Crippen LogP contribution in [0, 0.1) is 0 Å². The summed E-state index contributed by atoms with van der Waals surface area (Å²) in [6.07, 6.45) is 1.46. The molecule has 2 N–H and O–H groups in total. The molecule has 0 saturated carbocycles. The highest BCUT2D eigenvalue weighted by Gasteiger charge is 2.25. The molecule has 0 unspecified atom stereocenters. The minimum absolute atomic E-state index is 0.0962. The quantitative estimate of drug-likeness (QED) is 0.225. The normalized spacial score (nSPS) is 11.0. The van der Waals surface area contributed by atoms with Crippen molar-refractivity contribution in [1.82, 2.24) is 15.0 Å². The Kier molecular flexibility index (Phi) is 12.6. The van der Waals surface area contributed by atoms with Crippen LogP contribution in [0.25, 0.3) is 22.5 Å². The standard InChI is InChI=1S/C29H37N5O8/c1-39-15-11-33(12-16-40-2)26-24(20-5-7-21(8-6-20)28(35)36)31-27(34(13-17-41-3)14-18-42-4)25(32-26)22-9-10-23(29(37)38)30-19-22/h5-10,19H,11-18H2,1-4H3,(H,35,36)(H,37,38). The highest BCUT2D eigenvalue weighted by molar-refractivity contribution is 5.89. The van der Waals surface area contributed by atoms with E-state index in [2.05, 4.69) is 4.98 Å². The van der Waals surface area contributed by atoms with E-state index < -0.39 is 11.9 Å². The molecule has 42 heavy (non-hydrogen) atoms. The van der Waals surface area contributed by atoms with Gasteiger partial charge in [0.15, 0.2) is 11.6 Å². The van der Waals surface area contributed by atoms with Crippen molar-refractivity contribution in [3.8, 4) is 22.5 Å². The van der Waals surface area contributed by atoms with E-state index in [-0.39, 0.29) is 11.3 Å². The van der Waals surface area contributed by atoms with Crippen LogP contribution in [0.15, 0.2) is 42.6 Å². The second kappa shape index (κ2) is 16.3. The number of pyridine rings is 1. The molecular weight excluding hydrogens is 546 g/mol. The number of aromatic carboxylic acids is 2. The zero-order chi connectivity index (χ0) is 30.5. The molecular formula is C29H37N5O8. The van der Waals surface area contributed by atoms with Gasteiger partial charge in [0.1, 0.15) is 17.1 Å². The number of methoxy groups -OCH3 is 4. The van der Waals surface area contributed by atoms with Gasteiger partial charge in [0.25, 0.3) is 0 Å². The van der Waals surface area contributed by atoms with Crippen LogP contribution >= 0.6 is 0 Å². The first-order chi connectivity index (χ1) is 20.3. The molecule has 0 aliphatic rings. The average molecular weight is 584 g/mol. The first-order valence-corrected chi connectivity index (χ1v) is 13.3. The summed E-state index contributed by atoms with van der Waals surface area (Å²) in [6, 6.07) is 9.51. The number of nitrogens with zero attached hydrogens (tertiary/aromatic N) is 5. The second-order valence-electron chi connectivity index (χ2n) is 9.13. The highest BCUT2D eigenvalue weighted by Crippen LogP contribution is 2.36. The van der Waals surface area contributed by atoms with E-state index in [1.54, 1.807) is 46.6 Å². The van der Waals surface area contributed by atoms with Crippen molar-refractivity contribution in [3.63, 3.8) is 0 Å². The van der Waals surface area contributed by atoms with E-state index in [9.17, 15) is 19.8 Å². The van der Waals surface area contributed by atoms with Crippen molar-refractivity contribution in [1.29, 1.82) is 0 Å². The van der Waals surface area contributed by atoms with Gasteiger partial charge >= 0.3 is 11.9 Å². The number of benzene rings is 1. The Hall–Kier alpha value is -4.17. The van der Waals surface area contributed by atoms with Crippen LogP contribution in [0.1, 0.15) is 20.8 Å². The first kappa shape index (κ1) is 32.3. The molecule has 0 amide bonds. The number of rotatable bonds is 18. The van der Waals surface area contributed by atoms with Crippen molar-refractivity contribution in [3.05, 3.63) is 53.9 Å². The predicted molar refractivity (Wildman–Crippen MR) is 157 cm³/mol. The van der Waals surface area contributed by atoms with Gasteiger partial charge in [-0.2, -0.15) is 0 Å². The molecule has 3 aromatic rings. The molecule has 226 valence electrons. The lowest BCUT2D eigenvalue weighted by molar-refractivity contribution is 0.0682. The summed E-state index contributed by atoms with van der Waals surface area (Å²) in [4.78, 5) is 41.3. The van der Waals surface area contributed by atoms with Crippen molar-refractivity contribution in [2.45, 2.75) is 0 Å². The van der Waals surface area contributed by atoms with E-state index in [4.69, 9.17) is 28.9 Å². The predicted octanol–water partition coefficient (Wildman–Crippen LogP) is 2.80. The van der Waals surface area contributed by atoms with Crippen molar-refractivity contribution in [2.24, 2.45) is 0 Å². The summed E-state index contributed by atoms with van der Waals surface area (Å²) in [7, 11) is 6.44. The molecule has 2 aromatic heterocycles. The van der Waals surface area contributed by atoms with Gasteiger partial charge in [0.05, 0.1) is 32.0 Å². The van der Waals surface area contributed by atoms with Gasteiger partial charge in [0.2, 0.25) is 0 Å². The molecule has 3 rings (SSSR count). The van der Waals surface area contributed by atoms with Crippen LogP contribution in [0.5, 0.6) is 0 Å². The Labute approximate surface area is 244 Å². The maximum absolute atomic E-state index is 11.5. The van der Waals surface area contributed by atoms with Gasteiger partial charge in [-0.15, -0.1) is 0 Å². The third-order valence-corrected chi connectivity index (χ3v) is 6.38. The van der Waals surface area contributed by atoms with Gasteiger partial charge in [-0.25, -0.2) is 24.5 Å². The second-order valence-corrected chi connectivity index (χ2v) is 9.13. The molecule has 0 aliphatic carbocycles. The zero-order valence-electron chi connectivity index (χ0n) is 24.3. The zero-order valence-corrected chi connectivity index (χ0v) is 24.3. The van der Waals surface area contributed by atoms with E-state index in [0.29, 0.717) is 86.8 Å². The third-order valence-electron chi connectivity index (χ3n) is 6.38. The van der Waals surface area contributed by atoms with Crippen LogP contribution in [0.2, 0.25) is 0 Å². The van der Waals surface area contributed by atoms with Crippen LogP contribution in [-0.2, 0) is 18.9 Å². The molecule has 13 heteroatoms. The molecule has 0 radical (unpaired) electrons. The Morgan fingerprint density at radius 3 is 1.43 bits per heavy atom. The van der Waals surface area contributed by atoms with Crippen molar-refractivity contribution in [2.75, 3.05) is 90.8 Å². The minimum Gasteiger partial charge on any atom is -0.478 e. The van der Waals surface area contributed by atoms with Crippen molar-refractivity contribution >= 4 is 23.6 Å². The fourth-order valence-corrected chi connectivity index (χ4v) is 4.13. The number of aromatic nitrogens is 3. The van der Waals surface area contributed by atoms with Crippen LogP contribution in [0.3, 0.4) is 0 Å². The summed E-state index contributed by atoms with van der Waals surface area (Å²) in [5.41, 5.74) is 2.27. The lowest BCUT2D eigenvalue weighted by Crippen LogP contribution is -2.34. The number of carboxylic acid groups (broad SMARTS) is 2. The summed E-state index contributed by atoms with van der Waals surface area (Å²) in [5, 5.41) is 18.8. The minimum atomic E-state index is -1.14. The molecule has 0 spiro atoms. The number of carboxylic acids is 2. The summed E-state index contributed by atoms with van der Waals surface area (Å²) in [6.45, 7) is 3.50. The van der Waals surface area contributed by atoms with Crippen molar-refractivity contribution < 1.29 is 38.7 Å². The lowest BCUT2D eigenvalue weighted by Gasteiger charge is -2.30. The SMILES string of the molecule is COCCN(CCOC)c1nc(-c2ccc(C(=O)O)nc2)c(N(CCOC)CCOC)nc1-c1ccc(C(=O)O)cc1. The monoisotopic (exact) mass is 583 g/mol. The molecule has 13 nitrogen and oxygen atoms in total. The van der Waals surface area contributed by atoms with E-state index in [1.165, 1.54) is 24.4 Å². The van der Waals surface area contributed by atoms with Crippen LogP contribution < -0.4 is 9.80 Å². The number of hydrogen-bond acceptors (Lipinski definition) is 11. The van der Waals surface area contributed by atoms with Gasteiger partial charge in [-0.3, -0.25) is 0 Å². The Balaban J connectivity index is 2.34. The number of anilines is 2. The van der Waals surface area contributed by atoms with E-state index in [0.717, 1.165) is 0 Å². The summed E-state index contributed by atoms with van der Waals surface area (Å²) in [5.74, 6) is -1.14.